The van der Waals surface area contributed by atoms with Crippen molar-refractivity contribution in [3.63, 3.8) is 0 Å². The second-order valence-corrected chi connectivity index (χ2v) is 5.32. The van der Waals surface area contributed by atoms with Crippen LogP contribution < -0.4 is 10.6 Å². The summed E-state index contributed by atoms with van der Waals surface area (Å²) in [7, 11) is 3.69. The van der Waals surface area contributed by atoms with Crippen LogP contribution in [-0.2, 0) is 9.53 Å². The molecule has 4 nitrogen and oxygen atoms in total. The summed E-state index contributed by atoms with van der Waals surface area (Å²) in [5.74, 6) is 0.184. The van der Waals surface area contributed by atoms with Gasteiger partial charge in [-0.05, 0) is 32.7 Å². The van der Waals surface area contributed by atoms with Gasteiger partial charge >= 0.3 is 0 Å². The first kappa shape index (κ1) is 15.4. The smallest absolute Gasteiger partial charge is 0.221 e. The van der Waals surface area contributed by atoms with E-state index >= 15 is 0 Å². The Bertz CT molecular complexity index is 238. The van der Waals surface area contributed by atoms with Gasteiger partial charge in [0, 0.05) is 32.2 Å². The van der Waals surface area contributed by atoms with Gasteiger partial charge in [0.05, 0.1) is 0 Å². The number of amides is 1. The first-order chi connectivity index (χ1) is 8.72. The molecule has 0 bridgehead atoms. The van der Waals surface area contributed by atoms with Crippen LogP contribution in [-0.4, -0.2) is 38.8 Å². The third-order valence-electron chi connectivity index (χ3n) is 3.94. The Morgan fingerprint density at radius 3 is 2.56 bits per heavy atom. The first-order valence-corrected chi connectivity index (χ1v) is 7.17. The van der Waals surface area contributed by atoms with Crippen LogP contribution in [0.25, 0.3) is 0 Å². The third kappa shape index (κ3) is 5.36. The van der Waals surface area contributed by atoms with Gasteiger partial charge in [-0.1, -0.05) is 19.3 Å². The highest BCUT2D eigenvalue weighted by Crippen LogP contribution is 2.30. The van der Waals surface area contributed by atoms with E-state index in [9.17, 15) is 4.79 Å². The minimum absolute atomic E-state index is 0.0505. The maximum absolute atomic E-state index is 11.9. The van der Waals surface area contributed by atoms with Crippen molar-refractivity contribution in [2.75, 3.05) is 27.3 Å². The SMILES string of the molecule is CNC1(CC(=O)NCCCCOC)CCCCC1. The third-order valence-corrected chi connectivity index (χ3v) is 3.94. The molecule has 0 saturated heterocycles. The number of unbranched alkanes of at least 4 members (excludes halogenated alkanes) is 1. The van der Waals surface area contributed by atoms with Crippen LogP contribution in [0.2, 0.25) is 0 Å². The fourth-order valence-corrected chi connectivity index (χ4v) is 2.71. The summed E-state index contributed by atoms with van der Waals surface area (Å²) in [5.41, 5.74) is 0.0505. The summed E-state index contributed by atoms with van der Waals surface area (Å²) in [4.78, 5) is 11.9. The van der Waals surface area contributed by atoms with E-state index in [2.05, 4.69) is 10.6 Å². The van der Waals surface area contributed by atoms with Gasteiger partial charge in [0.1, 0.15) is 0 Å². The van der Waals surface area contributed by atoms with E-state index in [0.29, 0.717) is 6.42 Å². The van der Waals surface area contributed by atoms with Crippen molar-refractivity contribution in [3.8, 4) is 0 Å². The summed E-state index contributed by atoms with van der Waals surface area (Å²) < 4.78 is 4.98. The molecule has 0 aromatic heterocycles. The number of methoxy groups -OCH3 is 1. The molecule has 1 fully saturated rings. The number of nitrogens with one attached hydrogen (secondary N) is 2. The molecule has 1 amide bonds. The molecule has 0 spiro atoms. The van der Waals surface area contributed by atoms with Crippen molar-refractivity contribution in [1.82, 2.24) is 10.6 Å². The van der Waals surface area contributed by atoms with Gasteiger partial charge in [-0.25, -0.2) is 0 Å². The fraction of sp³-hybridized carbons (Fsp3) is 0.929. The number of carbonyl (C=O) groups excluding carboxylic acids is 1. The zero-order valence-corrected chi connectivity index (χ0v) is 11.9. The molecule has 0 aromatic rings. The average Bonchev–Trinajstić information content (AvgIpc) is 2.39. The minimum Gasteiger partial charge on any atom is -0.385 e. The molecule has 1 aliphatic rings. The zero-order valence-electron chi connectivity index (χ0n) is 11.9. The van der Waals surface area contributed by atoms with E-state index in [0.717, 1.165) is 38.8 Å². The van der Waals surface area contributed by atoms with Crippen LogP contribution in [0.3, 0.4) is 0 Å². The Kier molecular flexibility index (Phi) is 7.28. The highest BCUT2D eigenvalue weighted by molar-refractivity contribution is 5.77. The van der Waals surface area contributed by atoms with Crippen molar-refractivity contribution < 1.29 is 9.53 Å². The lowest BCUT2D eigenvalue weighted by atomic mass is 9.79. The Labute approximate surface area is 111 Å². The lowest BCUT2D eigenvalue weighted by Crippen LogP contribution is -2.48. The van der Waals surface area contributed by atoms with E-state index in [1.165, 1.54) is 19.3 Å². The topological polar surface area (TPSA) is 50.4 Å². The van der Waals surface area contributed by atoms with Crippen molar-refractivity contribution >= 4 is 5.91 Å². The fourth-order valence-electron chi connectivity index (χ4n) is 2.71. The van der Waals surface area contributed by atoms with Crippen molar-refractivity contribution in [2.24, 2.45) is 0 Å². The number of carbonyl (C=O) groups is 1. The molecule has 1 saturated carbocycles. The Morgan fingerprint density at radius 2 is 1.94 bits per heavy atom. The highest BCUT2D eigenvalue weighted by Gasteiger charge is 2.32. The maximum atomic E-state index is 11.9. The summed E-state index contributed by atoms with van der Waals surface area (Å²) >= 11 is 0. The molecular formula is C14H28N2O2. The lowest BCUT2D eigenvalue weighted by Gasteiger charge is -2.36. The molecule has 1 aliphatic carbocycles. The van der Waals surface area contributed by atoms with Crippen molar-refractivity contribution in [3.05, 3.63) is 0 Å². The normalized spacial score (nSPS) is 18.6. The molecule has 0 aromatic carbocycles. The molecule has 4 heteroatoms. The number of hydrogen-bond donors (Lipinski definition) is 2. The molecule has 106 valence electrons. The molecular weight excluding hydrogens is 228 g/mol. The van der Waals surface area contributed by atoms with Gasteiger partial charge in [0.25, 0.3) is 0 Å². The monoisotopic (exact) mass is 256 g/mol. The Balaban J connectivity index is 2.20. The Hall–Kier alpha value is -0.610. The van der Waals surface area contributed by atoms with Crippen LogP contribution >= 0.6 is 0 Å². The second kappa shape index (κ2) is 8.48. The van der Waals surface area contributed by atoms with Gasteiger partial charge < -0.3 is 15.4 Å². The Morgan fingerprint density at radius 1 is 1.22 bits per heavy atom. The lowest BCUT2D eigenvalue weighted by molar-refractivity contribution is -0.122. The maximum Gasteiger partial charge on any atom is 0.221 e. The molecule has 18 heavy (non-hydrogen) atoms. The predicted octanol–water partition coefficient (Wildman–Crippen LogP) is 1.84. The van der Waals surface area contributed by atoms with E-state index in [1.807, 2.05) is 7.05 Å². The molecule has 0 atom stereocenters. The number of hydrogen-bond acceptors (Lipinski definition) is 3. The summed E-state index contributed by atoms with van der Waals surface area (Å²) in [5, 5.41) is 6.39. The summed E-state index contributed by atoms with van der Waals surface area (Å²) in [6.45, 7) is 1.54. The van der Waals surface area contributed by atoms with Crippen LogP contribution in [0.15, 0.2) is 0 Å². The van der Waals surface area contributed by atoms with Crippen LogP contribution in [0, 0.1) is 0 Å². The van der Waals surface area contributed by atoms with Crippen molar-refractivity contribution in [1.29, 1.82) is 0 Å². The standard InChI is InChI=1S/C14H28N2O2/c1-15-14(8-4-3-5-9-14)12-13(17)16-10-6-7-11-18-2/h15H,3-12H2,1-2H3,(H,16,17). The predicted molar refractivity (Wildman–Crippen MR) is 73.6 cm³/mol. The number of ether oxygens (including phenoxy) is 1. The van der Waals surface area contributed by atoms with E-state index < -0.39 is 0 Å². The molecule has 0 radical (unpaired) electrons. The zero-order chi connectivity index (χ0) is 13.3. The van der Waals surface area contributed by atoms with E-state index in [4.69, 9.17) is 4.74 Å². The first-order valence-electron chi connectivity index (χ1n) is 7.17. The van der Waals surface area contributed by atoms with Gasteiger partial charge in [0.15, 0.2) is 0 Å². The molecule has 1 rings (SSSR count). The minimum atomic E-state index is 0.0505. The van der Waals surface area contributed by atoms with E-state index in [-0.39, 0.29) is 11.4 Å². The summed E-state index contributed by atoms with van der Waals surface area (Å²) in [6.07, 6.45) is 8.65. The second-order valence-electron chi connectivity index (χ2n) is 5.32. The molecule has 2 N–H and O–H groups in total. The van der Waals surface area contributed by atoms with Crippen molar-refractivity contribution in [2.45, 2.75) is 56.9 Å². The molecule has 0 heterocycles. The van der Waals surface area contributed by atoms with Gasteiger partial charge in [-0.15, -0.1) is 0 Å². The largest absolute Gasteiger partial charge is 0.385 e. The number of rotatable bonds is 8. The highest BCUT2D eigenvalue weighted by atomic mass is 16.5. The quantitative estimate of drug-likeness (QED) is 0.652. The van der Waals surface area contributed by atoms with E-state index in [1.54, 1.807) is 7.11 Å². The van der Waals surface area contributed by atoms with Gasteiger partial charge in [0.2, 0.25) is 5.91 Å². The van der Waals surface area contributed by atoms with Crippen LogP contribution in [0.1, 0.15) is 51.4 Å². The van der Waals surface area contributed by atoms with Gasteiger partial charge in [-0.2, -0.15) is 0 Å². The molecule has 0 unspecified atom stereocenters. The van der Waals surface area contributed by atoms with Gasteiger partial charge in [-0.3, -0.25) is 4.79 Å². The average molecular weight is 256 g/mol. The molecule has 0 aliphatic heterocycles. The summed E-state index contributed by atoms with van der Waals surface area (Å²) in [6, 6.07) is 0. The van der Waals surface area contributed by atoms with Crippen LogP contribution in [0.4, 0.5) is 0 Å². The van der Waals surface area contributed by atoms with Crippen LogP contribution in [0.5, 0.6) is 0 Å².